The second-order valence-corrected chi connectivity index (χ2v) is 15.9. The summed E-state index contributed by atoms with van der Waals surface area (Å²) >= 11 is 6.21. The first-order valence-electron chi connectivity index (χ1n) is 18.8. The lowest BCUT2D eigenvalue weighted by atomic mass is 9.90. The van der Waals surface area contributed by atoms with Gasteiger partial charge in [0, 0.05) is 36.3 Å². The van der Waals surface area contributed by atoms with E-state index in [1.54, 1.807) is 39.0 Å². The maximum atomic E-state index is 14.5. The molecule has 1 aromatic heterocycles. The molecule has 1 heterocycles. The molecule has 2 amide bonds. The molecule has 12 nitrogen and oxygen atoms in total. The average molecular weight is 789 g/mol. The monoisotopic (exact) mass is 788 g/mol. The molecule has 3 atom stereocenters. The van der Waals surface area contributed by atoms with Gasteiger partial charge in [-0.3, -0.25) is 24.0 Å². The Kier molecular flexibility index (Phi) is 12.7. The zero-order valence-electron chi connectivity index (χ0n) is 32.3. The molecule has 57 heavy (non-hydrogen) atoms. The number of aryl methyl sites for hydroxylation is 1. The molecule has 1 aliphatic carbocycles. The molecule has 0 bridgehead atoms. The summed E-state index contributed by atoms with van der Waals surface area (Å²) in [6, 6.07) is 24.3. The van der Waals surface area contributed by atoms with Gasteiger partial charge in [0.15, 0.2) is 17.4 Å². The fourth-order valence-corrected chi connectivity index (χ4v) is 6.97. The van der Waals surface area contributed by atoms with E-state index in [9.17, 15) is 24.0 Å². The van der Waals surface area contributed by atoms with Gasteiger partial charge >= 0.3 is 5.97 Å². The van der Waals surface area contributed by atoms with Gasteiger partial charge in [-0.2, -0.15) is 5.21 Å². The van der Waals surface area contributed by atoms with Crippen molar-refractivity contribution in [2.45, 2.75) is 83.9 Å². The summed E-state index contributed by atoms with van der Waals surface area (Å²) < 4.78 is 5.58. The highest BCUT2D eigenvalue weighted by Gasteiger charge is 2.34. The quantitative estimate of drug-likeness (QED) is 0.104. The van der Waals surface area contributed by atoms with Crippen molar-refractivity contribution in [3.05, 3.63) is 129 Å². The van der Waals surface area contributed by atoms with Crippen LogP contribution in [0.2, 0.25) is 5.02 Å². The number of Topliss-reactive ketones (excluding diaryl/α,β-unsaturated/α-hetero) is 2. The number of ketones is 2. The van der Waals surface area contributed by atoms with Crippen molar-refractivity contribution in [3.63, 3.8) is 0 Å². The minimum absolute atomic E-state index is 0.00449. The molecule has 1 aliphatic rings. The third-order valence-corrected chi connectivity index (χ3v) is 9.92. The second kappa shape index (κ2) is 17.8. The standard InChI is InChI=1S/C44H45ClN6O6/c1-26-9-11-27(12-10-26)19-38(52)37(25-40-48-50-51-49-40)47-43(56)34(24-41(54)57-44(2,3)4)23-39(53)36(18-28-13-14-29-7-5-6-8-30(29)17-28)46-42(55)33-20-31-15-16-35(45)22-32(31)21-33/h5-17,21-22,34,36-37H,18-20,23-25H2,1-4H3,(H,46,55)(H,47,56)(H,48,49,50,51)/t34-,36-,37-/m0/s1. The van der Waals surface area contributed by atoms with Crippen molar-refractivity contribution >= 4 is 57.8 Å². The number of nitrogens with zero attached hydrogens (tertiary/aromatic N) is 3. The van der Waals surface area contributed by atoms with E-state index >= 15 is 0 Å². The molecule has 0 saturated heterocycles. The molecule has 5 aromatic rings. The largest absolute Gasteiger partial charge is 0.460 e. The smallest absolute Gasteiger partial charge is 0.307 e. The van der Waals surface area contributed by atoms with Gasteiger partial charge in [-0.05, 0) is 85.4 Å². The number of ether oxygens (including phenoxy) is 1. The first-order chi connectivity index (χ1) is 27.2. The first-order valence-corrected chi connectivity index (χ1v) is 19.2. The molecule has 294 valence electrons. The maximum Gasteiger partial charge on any atom is 0.307 e. The number of aromatic nitrogens is 4. The number of benzene rings is 4. The van der Waals surface area contributed by atoms with Gasteiger partial charge in [0.05, 0.1) is 24.4 Å². The number of nitrogens with one attached hydrogen (secondary N) is 3. The number of carbonyl (C=O) groups is 5. The number of rotatable bonds is 16. The van der Waals surface area contributed by atoms with Crippen molar-refractivity contribution in [1.29, 1.82) is 0 Å². The van der Waals surface area contributed by atoms with E-state index in [0.29, 0.717) is 17.0 Å². The maximum absolute atomic E-state index is 14.5. The van der Waals surface area contributed by atoms with Crippen LogP contribution in [0.25, 0.3) is 16.8 Å². The van der Waals surface area contributed by atoms with Crippen LogP contribution in [0.15, 0.2) is 90.5 Å². The zero-order valence-corrected chi connectivity index (χ0v) is 33.1. The van der Waals surface area contributed by atoms with Crippen molar-refractivity contribution in [1.82, 2.24) is 31.3 Å². The number of halogens is 1. The topological polar surface area (TPSA) is 173 Å². The molecule has 0 fully saturated rings. The van der Waals surface area contributed by atoms with Gasteiger partial charge in [0.1, 0.15) is 5.60 Å². The van der Waals surface area contributed by atoms with E-state index in [2.05, 4.69) is 31.3 Å². The van der Waals surface area contributed by atoms with Gasteiger partial charge in [-0.25, -0.2) is 0 Å². The minimum atomic E-state index is -1.25. The van der Waals surface area contributed by atoms with Crippen LogP contribution in [0.1, 0.15) is 67.3 Å². The van der Waals surface area contributed by atoms with Crippen LogP contribution in [0.4, 0.5) is 0 Å². The minimum Gasteiger partial charge on any atom is -0.460 e. The summed E-state index contributed by atoms with van der Waals surface area (Å²) in [6.45, 7) is 7.05. The van der Waals surface area contributed by atoms with Gasteiger partial charge in [-0.15, -0.1) is 10.2 Å². The molecule has 0 spiro atoms. The number of tetrazole rings is 1. The molecule has 0 radical (unpaired) electrons. The summed E-state index contributed by atoms with van der Waals surface area (Å²) in [7, 11) is 0. The second-order valence-electron chi connectivity index (χ2n) is 15.5. The van der Waals surface area contributed by atoms with Crippen LogP contribution in [0, 0.1) is 12.8 Å². The summed E-state index contributed by atoms with van der Waals surface area (Å²) in [5, 5.41) is 22.1. The number of aromatic amines is 1. The summed E-state index contributed by atoms with van der Waals surface area (Å²) in [6.07, 6.45) is 1.28. The lowest BCUT2D eigenvalue weighted by Gasteiger charge is -2.25. The van der Waals surface area contributed by atoms with Crippen LogP contribution < -0.4 is 10.6 Å². The van der Waals surface area contributed by atoms with Crippen LogP contribution >= 0.6 is 11.6 Å². The Morgan fingerprint density at radius 2 is 1.54 bits per heavy atom. The third kappa shape index (κ3) is 11.3. The van der Waals surface area contributed by atoms with Crippen molar-refractivity contribution in [3.8, 4) is 0 Å². The highest BCUT2D eigenvalue weighted by Crippen LogP contribution is 2.28. The Hall–Kier alpha value is -6.01. The highest BCUT2D eigenvalue weighted by atomic mass is 35.5. The number of amides is 2. The van der Waals surface area contributed by atoms with Crippen LogP contribution in [-0.2, 0) is 54.4 Å². The Bertz CT molecular complexity index is 2320. The van der Waals surface area contributed by atoms with Gasteiger partial charge in [-0.1, -0.05) is 95.2 Å². The molecular formula is C44H45ClN6O6. The first kappa shape index (κ1) is 40.6. The lowest BCUT2D eigenvalue weighted by molar-refractivity contribution is -0.157. The average Bonchev–Trinajstić information content (AvgIpc) is 3.84. The normalized spacial score (nSPS) is 13.9. The zero-order chi connectivity index (χ0) is 40.7. The summed E-state index contributed by atoms with van der Waals surface area (Å²) in [5.41, 5.74) is 3.92. The number of hydrogen-bond donors (Lipinski definition) is 3. The molecule has 0 saturated carbocycles. The number of carbonyl (C=O) groups excluding carboxylic acids is 5. The predicted octanol–water partition coefficient (Wildman–Crippen LogP) is 5.83. The molecule has 0 aliphatic heterocycles. The summed E-state index contributed by atoms with van der Waals surface area (Å²) in [5.74, 6) is -3.69. The Labute approximate surface area is 335 Å². The van der Waals surface area contributed by atoms with E-state index in [-0.39, 0.29) is 30.9 Å². The van der Waals surface area contributed by atoms with Gasteiger partial charge in [0.25, 0.3) is 0 Å². The van der Waals surface area contributed by atoms with Crippen molar-refractivity contribution in [2.75, 3.05) is 0 Å². The Balaban J connectivity index is 1.27. The third-order valence-electron chi connectivity index (χ3n) is 9.69. The number of esters is 1. The van der Waals surface area contributed by atoms with Crippen molar-refractivity contribution < 1.29 is 28.7 Å². The van der Waals surface area contributed by atoms with Crippen LogP contribution in [-0.4, -0.2) is 67.7 Å². The molecule has 4 aromatic carbocycles. The molecule has 6 rings (SSSR count). The Morgan fingerprint density at radius 3 is 2.26 bits per heavy atom. The van der Waals surface area contributed by atoms with E-state index in [1.807, 2.05) is 79.7 Å². The lowest BCUT2D eigenvalue weighted by Crippen LogP contribution is -2.48. The fourth-order valence-electron chi connectivity index (χ4n) is 6.79. The van der Waals surface area contributed by atoms with Crippen molar-refractivity contribution in [2.24, 2.45) is 5.92 Å². The highest BCUT2D eigenvalue weighted by molar-refractivity contribution is 6.30. The van der Waals surface area contributed by atoms with E-state index in [1.165, 1.54) is 0 Å². The molecular weight excluding hydrogens is 744 g/mol. The van der Waals surface area contributed by atoms with Crippen LogP contribution in [0.5, 0.6) is 0 Å². The molecule has 13 heteroatoms. The van der Waals surface area contributed by atoms with E-state index < -0.39 is 60.0 Å². The van der Waals surface area contributed by atoms with E-state index in [4.69, 9.17) is 16.3 Å². The fraction of sp³-hybridized carbons (Fsp3) is 0.318. The predicted molar refractivity (Wildman–Crippen MR) is 216 cm³/mol. The van der Waals surface area contributed by atoms with Gasteiger partial charge in [0.2, 0.25) is 11.8 Å². The molecule has 0 unspecified atom stereocenters. The Morgan fingerprint density at radius 1 is 0.825 bits per heavy atom. The molecule has 3 N–H and O–H groups in total. The van der Waals surface area contributed by atoms with E-state index in [0.717, 1.165) is 38.6 Å². The van der Waals surface area contributed by atoms with Gasteiger partial charge < -0.3 is 15.4 Å². The SMILES string of the molecule is Cc1ccc(CC(=O)[C@H](Cc2nn[nH]n2)NC(=O)[C@H](CC(=O)OC(C)(C)C)CC(=O)[C@H](Cc2ccc3ccccc3c2)NC(=O)C2=Cc3cc(Cl)ccc3C2)cc1. The number of fused-ring (bicyclic) bond motifs is 2. The van der Waals surface area contributed by atoms with Crippen LogP contribution in [0.3, 0.4) is 0 Å². The number of hydrogen-bond acceptors (Lipinski definition) is 9. The summed E-state index contributed by atoms with van der Waals surface area (Å²) in [4.78, 5) is 69.6. The number of H-pyrrole nitrogens is 1.